The molecule has 0 saturated carbocycles. The van der Waals surface area contributed by atoms with Gasteiger partial charge >= 0.3 is 6.09 Å². The number of hydrogen-bond acceptors (Lipinski definition) is 13. The Kier molecular flexibility index (Phi) is 12.7. The zero-order valence-corrected chi connectivity index (χ0v) is 32.2. The zero-order valence-electron chi connectivity index (χ0n) is 31.4. The van der Waals surface area contributed by atoms with Crippen LogP contribution in [0.15, 0.2) is 47.5 Å². The summed E-state index contributed by atoms with van der Waals surface area (Å²) in [5.74, 6) is -2.92. The number of carbonyl (C=O) groups is 7. The van der Waals surface area contributed by atoms with Gasteiger partial charge in [-0.15, -0.1) is 0 Å². The first kappa shape index (κ1) is 40.3. The highest BCUT2D eigenvalue weighted by Crippen LogP contribution is 2.34. The van der Waals surface area contributed by atoms with Crippen LogP contribution in [0.25, 0.3) is 0 Å². The van der Waals surface area contributed by atoms with Gasteiger partial charge in [0.25, 0.3) is 23.6 Å². The highest BCUT2D eigenvalue weighted by atomic mass is 32.2. The van der Waals surface area contributed by atoms with E-state index in [0.29, 0.717) is 48.0 Å². The molecule has 4 N–H and O–H groups in total. The van der Waals surface area contributed by atoms with Gasteiger partial charge in [0, 0.05) is 49.4 Å². The van der Waals surface area contributed by atoms with E-state index in [1.807, 2.05) is 20.8 Å². The third-order valence-electron chi connectivity index (χ3n) is 9.29. The summed E-state index contributed by atoms with van der Waals surface area (Å²) >= 11 is 1.44. The minimum Gasteiger partial charge on any atom is -0.444 e. The van der Waals surface area contributed by atoms with E-state index >= 15 is 0 Å². The molecule has 3 atom stereocenters. The van der Waals surface area contributed by atoms with Crippen molar-refractivity contribution in [2.75, 3.05) is 57.9 Å². The highest BCUT2D eigenvalue weighted by Gasteiger charge is 2.45. The van der Waals surface area contributed by atoms with Crippen LogP contribution in [0.5, 0.6) is 0 Å². The van der Waals surface area contributed by atoms with Crippen molar-refractivity contribution in [2.24, 2.45) is 4.99 Å². The van der Waals surface area contributed by atoms with Crippen LogP contribution < -0.4 is 21.3 Å². The number of thioether (sulfide) groups is 1. The molecule has 3 unspecified atom stereocenters. The van der Waals surface area contributed by atoms with Crippen molar-refractivity contribution >= 4 is 64.2 Å². The maximum Gasteiger partial charge on any atom is 0.410 e. The van der Waals surface area contributed by atoms with Crippen LogP contribution in [0.2, 0.25) is 0 Å². The molecule has 0 spiro atoms. The van der Waals surface area contributed by atoms with Gasteiger partial charge in [-0.25, -0.2) is 4.79 Å². The number of benzene rings is 2. The summed E-state index contributed by atoms with van der Waals surface area (Å²) in [6.45, 7) is 8.20. The van der Waals surface area contributed by atoms with E-state index in [0.717, 1.165) is 4.90 Å². The minimum absolute atomic E-state index is 0.00772. The summed E-state index contributed by atoms with van der Waals surface area (Å²) in [7, 11) is 0. The number of ether oxygens (including phenoxy) is 3. The predicted molar refractivity (Wildman–Crippen MR) is 205 cm³/mol. The van der Waals surface area contributed by atoms with Crippen LogP contribution in [0.1, 0.15) is 81.5 Å². The molecule has 2 aromatic rings. The van der Waals surface area contributed by atoms with Gasteiger partial charge in [0.2, 0.25) is 11.8 Å². The summed E-state index contributed by atoms with van der Waals surface area (Å²) in [5, 5.41) is 11.5. The smallest absolute Gasteiger partial charge is 0.410 e. The standard InChI is InChI=1S/C38H45N7O10S/c1-38(2,3)55-37(52)44-16-13-25-28(21-44)56-36(41-25)43-32(48)23-9-7-22(8-10-23)31(47)40-15-18-54-20-19-53-17-14-39-26-6-4-5-24-30(26)35(51)45(34(24)50)27-11-12-29(46)42-33(27)49/h4-10,25,27-28,39H,11-21H2,1-3H3,(H,40,47)(H,41,43,48)(H,42,46,49). The first-order chi connectivity index (χ1) is 26.8. The van der Waals surface area contributed by atoms with Gasteiger partial charge in [-0.1, -0.05) is 17.8 Å². The van der Waals surface area contributed by atoms with Crippen LogP contribution in [0.3, 0.4) is 0 Å². The number of piperidine rings is 2. The number of likely N-dealkylation sites (tertiary alicyclic amines) is 1. The number of hydrogen-bond donors (Lipinski definition) is 4. The normalized spacial score (nSPS) is 20.6. The van der Waals surface area contributed by atoms with Gasteiger partial charge in [-0.2, -0.15) is 0 Å². The molecule has 6 rings (SSSR count). The van der Waals surface area contributed by atoms with Gasteiger partial charge in [-0.3, -0.25) is 44.0 Å². The van der Waals surface area contributed by atoms with Crippen molar-refractivity contribution in [1.29, 1.82) is 0 Å². The van der Waals surface area contributed by atoms with Crippen LogP contribution in [-0.2, 0) is 23.8 Å². The molecule has 0 radical (unpaired) electrons. The Balaban J connectivity index is 0.835. The number of aliphatic imine (C=N–C) groups is 1. The lowest BCUT2D eigenvalue weighted by Gasteiger charge is -2.34. The number of anilines is 1. The number of amidine groups is 1. The minimum atomic E-state index is -1.04. The van der Waals surface area contributed by atoms with E-state index < -0.39 is 35.3 Å². The van der Waals surface area contributed by atoms with Crippen LogP contribution in [-0.4, -0.2) is 132 Å². The number of nitrogens with zero attached hydrogens (tertiary/aromatic N) is 3. The number of fused-ring (bicyclic) bond motifs is 2. The summed E-state index contributed by atoms with van der Waals surface area (Å²) < 4.78 is 16.6. The predicted octanol–water partition coefficient (Wildman–Crippen LogP) is 2.17. The SMILES string of the molecule is CC(C)(C)OC(=O)N1CCC2N=C(NC(=O)c3ccc(C(=O)NCCOCCOCCNc4cccc5c4C(=O)N(C4CCC(=O)NC4=O)C5=O)cc3)SC2C1. The summed E-state index contributed by atoms with van der Waals surface area (Å²) in [6.07, 6.45) is 0.458. The van der Waals surface area contributed by atoms with Gasteiger partial charge in [0.15, 0.2) is 5.17 Å². The summed E-state index contributed by atoms with van der Waals surface area (Å²) in [5.41, 5.74) is 0.995. The fourth-order valence-corrected chi connectivity index (χ4v) is 7.81. The zero-order chi connectivity index (χ0) is 40.0. The second-order valence-corrected chi connectivity index (χ2v) is 15.7. The van der Waals surface area contributed by atoms with Crippen LogP contribution >= 0.6 is 11.8 Å². The third-order valence-corrected chi connectivity index (χ3v) is 10.5. The molecule has 298 valence electrons. The number of imide groups is 2. The van der Waals surface area contributed by atoms with Crippen molar-refractivity contribution in [2.45, 2.75) is 63.0 Å². The maximum atomic E-state index is 13.2. The van der Waals surface area contributed by atoms with Gasteiger partial charge in [-0.05, 0) is 70.0 Å². The average molecular weight is 792 g/mol. The van der Waals surface area contributed by atoms with E-state index in [2.05, 4.69) is 26.3 Å². The first-order valence-corrected chi connectivity index (χ1v) is 19.3. The average Bonchev–Trinajstić information content (AvgIpc) is 3.68. The van der Waals surface area contributed by atoms with Crippen LogP contribution in [0.4, 0.5) is 10.5 Å². The first-order valence-electron chi connectivity index (χ1n) is 18.4. The number of rotatable bonds is 13. The highest BCUT2D eigenvalue weighted by molar-refractivity contribution is 8.14. The molecule has 17 nitrogen and oxygen atoms in total. The molecule has 4 aliphatic rings. The van der Waals surface area contributed by atoms with Crippen molar-refractivity contribution in [1.82, 2.24) is 25.8 Å². The van der Waals surface area contributed by atoms with E-state index in [4.69, 9.17) is 14.2 Å². The topological polar surface area (TPSA) is 214 Å². The molecular weight excluding hydrogens is 747 g/mol. The van der Waals surface area contributed by atoms with Crippen LogP contribution in [0, 0.1) is 0 Å². The quantitative estimate of drug-likeness (QED) is 0.170. The Bertz CT molecular complexity index is 1910. The molecule has 2 fully saturated rings. The van der Waals surface area contributed by atoms with E-state index in [1.165, 1.54) is 17.8 Å². The van der Waals surface area contributed by atoms with Gasteiger partial charge < -0.3 is 35.1 Å². The number of carbonyl (C=O) groups excluding carboxylic acids is 7. The lowest BCUT2D eigenvalue weighted by Crippen LogP contribution is -2.54. The Morgan fingerprint density at radius 1 is 0.893 bits per heavy atom. The molecule has 0 aromatic heterocycles. The molecule has 18 heteroatoms. The van der Waals surface area contributed by atoms with E-state index in [9.17, 15) is 33.6 Å². The molecular formula is C38H45N7O10S. The molecule has 4 aliphatic heterocycles. The molecule has 2 aromatic carbocycles. The Hall–Kier alpha value is -5.33. The number of nitrogens with one attached hydrogen (secondary N) is 4. The molecule has 4 heterocycles. The Labute approximate surface area is 327 Å². The Morgan fingerprint density at radius 3 is 2.29 bits per heavy atom. The molecule has 0 aliphatic carbocycles. The molecule has 56 heavy (non-hydrogen) atoms. The second kappa shape index (κ2) is 17.6. The van der Waals surface area contributed by atoms with Crippen molar-refractivity contribution in [3.05, 3.63) is 64.7 Å². The lowest BCUT2D eigenvalue weighted by atomic mass is 10.0. The summed E-state index contributed by atoms with van der Waals surface area (Å²) in [6, 6.07) is 10.1. The van der Waals surface area contributed by atoms with E-state index in [-0.39, 0.29) is 86.1 Å². The third kappa shape index (κ3) is 9.72. The van der Waals surface area contributed by atoms with Gasteiger partial charge in [0.1, 0.15) is 11.6 Å². The molecule has 0 bridgehead atoms. The Morgan fingerprint density at radius 2 is 1.59 bits per heavy atom. The fraction of sp³-hybridized carbons (Fsp3) is 0.474. The maximum absolute atomic E-state index is 13.2. The van der Waals surface area contributed by atoms with Gasteiger partial charge in [0.05, 0.1) is 48.8 Å². The lowest BCUT2D eigenvalue weighted by molar-refractivity contribution is -0.136. The van der Waals surface area contributed by atoms with Crippen molar-refractivity contribution < 1.29 is 47.8 Å². The van der Waals surface area contributed by atoms with Crippen molar-refractivity contribution in [3.8, 4) is 0 Å². The second-order valence-electron chi connectivity index (χ2n) is 14.5. The molecule has 7 amide bonds. The summed E-state index contributed by atoms with van der Waals surface area (Å²) in [4.78, 5) is 95.4. The number of amides is 7. The van der Waals surface area contributed by atoms with E-state index in [1.54, 1.807) is 41.3 Å². The fourth-order valence-electron chi connectivity index (χ4n) is 6.57. The molecule has 2 saturated heterocycles. The largest absolute Gasteiger partial charge is 0.444 e. The van der Waals surface area contributed by atoms with Crippen molar-refractivity contribution in [3.63, 3.8) is 0 Å². The monoisotopic (exact) mass is 791 g/mol.